The van der Waals surface area contributed by atoms with Crippen molar-refractivity contribution in [3.05, 3.63) is 29.6 Å². The fourth-order valence-corrected chi connectivity index (χ4v) is 4.08. The van der Waals surface area contributed by atoms with E-state index in [4.69, 9.17) is 9.47 Å². The highest BCUT2D eigenvalue weighted by Gasteiger charge is 2.40. The number of anilines is 1. The molecule has 0 aliphatic carbocycles. The molecule has 0 bridgehead atoms. The Kier molecular flexibility index (Phi) is 7.42. The van der Waals surface area contributed by atoms with Crippen LogP contribution in [0.4, 0.5) is 24.5 Å². The number of amides is 5. The second kappa shape index (κ2) is 9.83. The van der Waals surface area contributed by atoms with E-state index in [9.17, 15) is 19.2 Å². The van der Waals surface area contributed by atoms with E-state index < -0.39 is 35.1 Å². The molecule has 0 unspecified atom stereocenters. The molecule has 0 saturated carbocycles. The molecule has 5 amide bonds. The number of rotatable bonds is 2. The Labute approximate surface area is 205 Å². The Morgan fingerprint density at radius 1 is 0.914 bits per heavy atom. The van der Waals surface area contributed by atoms with Crippen molar-refractivity contribution in [1.82, 2.24) is 9.80 Å². The van der Waals surface area contributed by atoms with Crippen molar-refractivity contribution < 1.29 is 33.0 Å². The number of halogens is 1. The average Bonchev–Trinajstić information content (AvgIpc) is 2.71. The highest BCUT2D eigenvalue weighted by atomic mass is 19.1. The van der Waals surface area contributed by atoms with Gasteiger partial charge >= 0.3 is 18.2 Å². The fraction of sp³-hybridized carbons (Fsp3) is 0.600. The third-order valence-electron chi connectivity index (χ3n) is 5.68. The number of likely N-dealkylation sites (tertiary alicyclic amines) is 1. The number of ether oxygens (including phenoxy) is 2. The maximum absolute atomic E-state index is 15.1. The average molecular weight is 492 g/mol. The molecule has 2 saturated heterocycles. The number of piperidine rings is 1. The van der Waals surface area contributed by atoms with Crippen molar-refractivity contribution in [2.45, 2.75) is 77.9 Å². The standard InChI is InChI=1S/C25H34FN3O6/c1-24(2,3)34-22(32)27-12-9-16(10-13-27)18-8-7-17(15-19(18)26)28-14-11-20(30)29(21(28)31)23(33)35-25(4,5)6/h7-8,15-16H,9-14H2,1-6H3. The van der Waals surface area contributed by atoms with Gasteiger partial charge in [-0.2, -0.15) is 4.90 Å². The molecule has 3 rings (SSSR count). The first-order chi connectivity index (χ1) is 16.2. The summed E-state index contributed by atoms with van der Waals surface area (Å²) in [6.07, 6.45) is -0.346. The number of benzene rings is 1. The first kappa shape index (κ1) is 26.4. The van der Waals surface area contributed by atoms with E-state index in [1.807, 2.05) is 20.8 Å². The number of hydrogen-bond acceptors (Lipinski definition) is 6. The summed E-state index contributed by atoms with van der Waals surface area (Å²) in [5.41, 5.74) is -0.705. The molecule has 192 valence electrons. The summed E-state index contributed by atoms with van der Waals surface area (Å²) in [6.45, 7) is 11.3. The smallest absolute Gasteiger partial charge is 0.425 e. The third-order valence-corrected chi connectivity index (χ3v) is 5.68. The second-order valence-corrected chi connectivity index (χ2v) is 10.8. The van der Waals surface area contributed by atoms with Crippen molar-refractivity contribution in [2.24, 2.45) is 0 Å². The van der Waals surface area contributed by atoms with Gasteiger partial charge < -0.3 is 14.4 Å². The van der Waals surface area contributed by atoms with Gasteiger partial charge in [0.2, 0.25) is 5.91 Å². The molecule has 0 aromatic heterocycles. The maximum Gasteiger partial charge on any atom is 0.425 e. The van der Waals surface area contributed by atoms with Crippen LogP contribution in [0, 0.1) is 5.82 Å². The molecule has 2 aliphatic rings. The van der Waals surface area contributed by atoms with Crippen molar-refractivity contribution >= 4 is 29.8 Å². The molecule has 10 heteroatoms. The lowest BCUT2D eigenvalue weighted by molar-refractivity contribution is -0.128. The van der Waals surface area contributed by atoms with Crippen LogP contribution in [0.5, 0.6) is 0 Å². The van der Waals surface area contributed by atoms with Crippen LogP contribution in [-0.4, -0.2) is 64.8 Å². The quantitative estimate of drug-likeness (QED) is 0.575. The van der Waals surface area contributed by atoms with Gasteiger partial charge in [0, 0.05) is 31.7 Å². The highest BCUT2D eigenvalue weighted by Crippen LogP contribution is 2.33. The van der Waals surface area contributed by atoms with E-state index in [0.717, 1.165) is 0 Å². The van der Waals surface area contributed by atoms with Crippen LogP contribution in [-0.2, 0) is 14.3 Å². The zero-order valence-corrected chi connectivity index (χ0v) is 21.2. The third kappa shape index (κ3) is 6.49. The number of nitrogens with zero attached hydrogens (tertiary/aromatic N) is 3. The van der Waals surface area contributed by atoms with Gasteiger partial charge in [-0.3, -0.25) is 9.69 Å². The SMILES string of the molecule is CC(C)(C)OC(=O)N1CCC(c2ccc(N3CCC(=O)N(C(=O)OC(C)(C)C)C3=O)cc2F)CC1. The highest BCUT2D eigenvalue weighted by molar-refractivity contribution is 6.15. The minimum Gasteiger partial charge on any atom is -0.444 e. The summed E-state index contributed by atoms with van der Waals surface area (Å²) in [5.74, 6) is -1.22. The van der Waals surface area contributed by atoms with Crippen LogP contribution in [0.3, 0.4) is 0 Å². The van der Waals surface area contributed by atoms with Crippen molar-refractivity contribution in [3.8, 4) is 0 Å². The van der Waals surface area contributed by atoms with Crippen LogP contribution in [0.1, 0.15) is 72.3 Å². The van der Waals surface area contributed by atoms with Crippen molar-refractivity contribution in [3.63, 3.8) is 0 Å². The number of imide groups is 3. The fourth-order valence-electron chi connectivity index (χ4n) is 4.08. The first-order valence-corrected chi connectivity index (χ1v) is 11.8. The molecule has 2 fully saturated rings. The first-order valence-electron chi connectivity index (χ1n) is 11.8. The lowest BCUT2D eigenvalue weighted by Gasteiger charge is -2.35. The molecule has 0 spiro atoms. The van der Waals surface area contributed by atoms with Crippen LogP contribution in [0.25, 0.3) is 0 Å². The summed E-state index contributed by atoms with van der Waals surface area (Å²) >= 11 is 0. The van der Waals surface area contributed by atoms with E-state index in [1.54, 1.807) is 37.8 Å². The van der Waals surface area contributed by atoms with Crippen molar-refractivity contribution in [1.29, 1.82) is 0 Å². The van der Waals surface area contributed by atoms with Gasteiger partial charge in [-0.25, -0.2) is 18.8 Å². The lowest BCUT2D eigenvalue weighted by Crippen LogP contribution is -2.55. The van der Waals surface area contributed by atoms with E-state index in [-0.39, 0.29) is 30.7 Å². The molecule has 9 nitrogen and oxygen atoms in total. The molecule has 2 aliphatic heterocycles. The van der Waals surface area contributed by atoms with E-state index >= 15 is 4.39 Å². The van der Waals surface area contributed by atoms with Gasteiger partial charge in [0.25, 0.3) is 0 Å². The molecule has 35 heavy (non-hydrogen) atoms. The van der Waals surface area contributed by atoms with Gasteiger partial charge in [-0.1, -0.05) is 6.07 Å². The van der Waals surface area contributed by atoms with E-state index in [0.29, 0.717) is 36.4 Å². The zero-order chi connectivity index (χ0) is 26.1. The lowest BCUT2D eigenvalue weighted by atomic mass is 9.89. The van der Waals surface area contributed by atoms with Gasteiger partial charge in [0.1, 0.15) is 17.0 Å². The Morgan fingerprint density at radius 2 is 1.49 bits per heavy atom. The molecule has 0 atom stereocenters. The van der Waals surface area contributed by atoms with Gasteiger partial charge in [-0.15, -0.1) is 0 Å². The van der Waals surface area contributed by atoms with Crippen LogP contribution >= 0.6 is 0 Å². The van der Waals surface area contributed by atoms with E-state index in [2.05, 4.69) is 0 Å². The predicted octanol–water partition coefficient (Wildman–Crippen LogP) is 5.03. The Balaban J connectivity index is 1.69. The Hall–Kier alpha value is -3.17. The summed E-state index contributed by atoms with van der Waals surface area (Å²) in [5, 5.41) is 0. The molecular weight excluding hydrogens is 457 g/mol. The summed E-state index contributed by atoms with van der Waals surface area (Å²) in [6, 6.07) is 3.62. The number of hydrogen-bond donors (Lipinski definition) is 0. The van der Waals surface area contributed by atoms with Gasteiger partial charge in [0.15, 0.2) is 0 Å². The topological polar surface area (TPSA) is 96.5 Å². The summed E-state index contributed by atoms with van der Waals surface area (Å²) in [4.78, 5) is 53.2. The zero-order valence-electron chi connectivity index (χ0n) is 21.2. The second-order valence-electron chi connectivity index (χ2n) is 10.8. The van der Waals surface area contributed by atoms with Crippen LogP contribution < -0.4 is 4.90 Å². The molecule has 0 N–H and O–H groups in total. The molecule has 1 aromatic rings. The van der Waals surface area contributed by atoms with E-state index in [1.165, 1.54) is 11.0 Å². The maximum atomic E-state index is 15.1. The predicted molar refractivity (Wildman–Crippen MR) is 127 cm³/mol. The Morgan fingerprint density at radius 3 is 2.03 bits per heavy atom. The van der Waals surface area contributed by atoms with Crippen molar-refractivity contribution in [2.75, 3.05) is 24.5 Å². The molecular formula is C25H34FN3O6. The molecule has 2 heterocycles. The normalized spacial score (nSPS) is 18.1. The van der Waals surface area contributed by atoms with Gasteiger partial charge in [-0.05, 0) is 78.0 Å². The minimum absolute atomic E-state index is 0.0318. The Bertz CT molecular complexity index is 1010. The number of urea groups is 1. The largest absolute Gasteiger partial charge is 0.444 e. The number of carbonyl (C=O) groups excluding carboxylic acids is 4. The molecule has 0 radical (unpaired) electrons. The number of carbonyl (C=O) groups is 4. The monoisotopic (exact) mass is 491 g/mol. The van der Waals surface area contributed by atoms with Crippen LogP contribution in [0.15, 0.2) is 18.2 Å². The summed E-state index contributed by atoms with van der Waals surface area (Å²) in [7, 11) is 0. The molecule has 1 aromatic carbocycles. The minimum atomic E-state index is -1.05. The van der Waals surface area contributed by atoms with Crippen LogP contribution in [0.2, 0.25) is 0 Å². The summed E-state index contributed by atoms with van der Waals surface area (Å²) < 4.78 is 25.7. The van der Waals surface area contributed by atoms with Gasteiger partial charge in [0.05, 0.1) is 0 Å².